The van der Waals surface area contributed by atoms with Crippen molar-refractivity contribution in [2.75, 3.05) is 14.2 Å². The molecule has 0 saturated carbocycles. The van der Waals surface area contributed by atoms with Crippen LogP contribution < -0.4 is 20.1 Å². The van der Waals surface area contributed by atoms with Crippen LogP contribution >= 0.6 is 0 Å². The molecular formula is C21H29N3O2. The highest BCUT2D eigenvalue weighted by atomic mass is 16.5. The van der Waals surface area contributed by atoms with Gasteiger partial charge in [-0.2, -0.15) is 0 Å². The summed E-state index contributed by atoms with van der Waals surface area (Å²) in [5, 5.41) is 6.67. The van der Waals surface area contributed by atoms with Crippen molar-refractivity contribution >= 4 is 5.96 Å². The average molecular weight is 355 g/mol. The molecule has 0 aromatic heterocycles. The van der Waals surface area contributed by atoms with Crippen LogP contribution in [-0.2, 0) is 13.1 Å². The van der Waals surface area contributed by atoms with E-state index in [-0.39, 0.29) is 6.10 Å². The third-order valence-electron chi connectivity index (χ3n) is 3.85. The van der Waals surface area contributed by atoms with Gasteiger partial charge in [0.2, 0.25) is 0 Å². The van der Waals surface area contributed by atoms with Crippen molar-refractivity contribution in [3.8, 4) is 11.5 Å². The molecule has 26 heavy (non-hydrogen) atoms. The highest BCUT2D eigenvalue weighted by Crippen LogP contribution is 2.21. The van der Waals surface area contributed by atoms with E-state index in [2.05, 4.69) is 46.8 Å². The Labute approximate surface area is 156 Å². The summed E-state index contributed by atoms with van der Waals surface area (Å²) < 4.78 is 11.2. The summed E-state index contributed by atoms with van der Waals surface area (Å²) in [6.45, 7) is 7.45. The average Bonchev–Trinajstić information content (AvgIpc) is 2.63. The van der Waals surface area contributed by atoms with Crippen LogP contribution in [0.5, 0.6) is 11.5 Å². The number of benzene rings is 2. The maximum atomic E-state index is 5.93. The Kier molecular flexibility index (Phi) is 7.33. The van der Waals surface area contributed by atoms with Gasteiger partial charge in [0.05, 0.1) is 13.2 Å². The number of ether oxygens (including phenoxy) is 2. The van der Waals surface area contributed by atoms with Gasteiger partial charge < -0.3 is 20.1 Å². The molecule has 0 fully saturated rings. The Bertz CT molecular complexity index is 742. The third kappa shape index (κ3) is 5.99. The summed E-state index contributed by atoms with van der Waals surface area (Å²) in [6.07, 6.45) is 0.140. The zero-order chi connectivity index (χ0) is 18.9. The minimum atomic E-state index is 0.140. The number of rotatable bonds is 7. The van der Waals surface area contributed by atoms with Gasteiger partial charge in [-0.05, 0) is 50.1 Å². The van der Waals surface area contributed by atoms with Gasteiger partial charge in [0, 0.05) is 25.7 Å². The van der Waals surface area contributed by atoms with E-state index < -0.39 is 0 Å². The Balaban J connectivity index is 1.96. The summed E-state index contributed by atoms with van der Waals surface area (Å²) >= 11 is 0. The molecule has 140 valence electrons. The van der Waals surface area contributed by atoms with Gasteiger partial charge >= 0.3 is 0 Å². The maximum Gasteiger partial charge on any atom is 0.191 e. The van der Waals surface area contributed by atoms with E-state index in [4.69, 9.17) is 9.47 Å². The van der Waals surface area contributed by atoms with Gasteiger partial charge in [0.1, 0.15) is 11.5 Å². The molecule has 0 aliphatic carbocycles. The lowest BCUT2D eigenvalue weighted by molar-refractivity contribution is 0.239. The van der Waals surface area contributed by atoms with Crippen LogP contribution in [0.25, 0.3) is 0 Å². The zero-order valence-corrected chi connectivity index (χ0v) is 16.3. The number of nitrogens with one attached hydrogen (secondary N) is 2. The van der Waals surface area contributed by atoms with E-state index in [1.54, 1.807) is 14.2 Å². The van der Waals surface area contributed by atoms with Gasteiger partial charge in [-0.1, -0.05) is 24.3 Å². The van der Waals surface area contributed by atoms with Crippen LogP contribution in [0.15, 0.2) is 47.5 Å². The maximum absolute atomic E-state index is 5.93. The van der Waals surface area contributed by atoms with Crippen LogP contribution in [0.3, 0.4) is 0 Å². The molecule has 0 aliphatic heterocycles. The molecule has 0 amide bonds. The summed E-state index contributed by atoms with van der Waals surface area (Å²) in [7, 11) is 3.44. The molecule has 2 rings (SSSR count). The molecule has 0 spiro atoms. The second-order valence-corrected chi connectivity index (χ2v) is 6.41. The van der Waals surface area contributed by atoms with Crippen molar-refractivity contribution < 1.29 is 9.47 Å². The number of hydrogen-bond acceptors (Lipinski definition) is 3. The molecule has 0 aliphatic rings. The van der Waals surface area contributed by atoms with Gasteiger partial charge in [-0.15, -0.1) is 0 Å². The van der Waals surface area contributed by atoms with E-state index in [1.165, 1.54) is 5.56 Å². The van der Waals surface area contributed by atoms with E-state index in [1.807, 2.05) is 32.0 Å². The van der Waals surface area contributed by atoms with Crippen molar-refractivity contribution in [3.63, 3.8) is 0 Å². The number of hydrogen-bond donors (Lipinski definition) is 2. The molecule has 5 heteroatoms. The largest absolute Gasteiger partial charge is 0.497 e. The van der Waals surface area contributed by atoms with E-state index in [0.717, 1.165) is 28.6 Å². The monoisotopic (exact) mass is 355 g/mol. The van der Waals surface area contributed by atoms with Crippen LogP contribution in [0.1, 0.15) is 30.5 Å². The molecule has 0 unspecified atom stereocenters. The number of aliphatic imine (C=N–C) groups is 1. The highest BCUT2D eigenvalue weighted by Gasteiger charge is 2.07. The van der Waals surface area contributed by atoms with E-state index in [0.29, 0.717) is 13.1 Å². The fourth-order valence-electron chi connectivity index (χ4n) is 2.54. The topological polar surface area (TPSA) is 54.9 Å². The first kappa shape index (κ1) is 19.6. The van der Waals surface area contributed by atoms with Gasteiger partial charge in [0.15, 0.2) is 5.96 Å². The van der Waals surface area contributed by atoms with Crippen molar-refractivity contribution in [2.45, 2.75) is 40.0 Å². The van der Waals surface area contributed by atoms with Gasteiger partial charge in [-0.3, -0.25) is 4.99 Å². The fraction of sp³-hybridized carbons (Fsp3) is 0.381. The molecule has 0 heterocycles. The van der Waals surface area contributed by atoms with Crippen molar-refractivity contribution in [3.05, 3.63) is 59.2 Å². The molecular weight excluding hydrogens is 326 g/mol. The predicted octanol–water partition coefficient (Wildman–Crippen LogP) is 3.66. The summed E-state index contributed by atoms with van der Waals surface area (Å²) in [5.74, 6) is 2.50. The molecule has 0 saturated heterocycles. The van der Waals surface area contributed by atoms with Crippen LogP contribution in [0.4, 0.5) is 0 Å². The minimum absolute atomic E-state index is 0.140. The minimum Gasteiger partial charge on any atom is -0.497 e. The van der Waals surface area contributed by atoms with Crippen LogP contribution in [0.2, 0.25) is 0 Å². The first-order valence-corrected chi connectivity index (χ1v) is 8.85. The first-order valence-electron chi connectivity index (χ1n) is 8.85. The number of methoxy groups -OCH3 is 1. The molecule has 0 bridgehead atoms. The van der Waals surface area contributed by atoms with Crippen molar-refractivity contribution in [1.82, 2.24) is 10.6 Å². The quantitative estimate of drug-likeness (QED) is 0.588. The summed E-state index contributed by atoms with van der Waals surface area (Å²) in [5.41, 5.74) is 3.42. The lowest BCUT2D eigenvalue weighted by Crippen LogP contribution is -2.36. The molecule has 2 N–H and O–H groups in total. The molecule has 0 atom stereocenters. The summed E-state index contributed by atoms with van der Waals surface area (Å²) in [6, 6.07) is 14.2. The lowest BCUT2D eigenvalue weighted by Gasteiger charge is -2.17. The Morgan fingerprint density at radius 3 is 2.54 bits per heavy atom. The normalized spacial score (nSPS) is 11.4. The lowest BCUT2D eigenvalue weighted by atomic mass is 10.1. The van der Waals surface area contributed by atoms with Crippen molar-refractivity contribution in [2.24, 2.45) is 4.99 Å². The number of aryl methyl sites for hydroxylation is 1. The molecule has 0 radical (unpaired) electrons. The Morgan fingerprint density at radius 1 is 1.08 bits per heavy atom. The standard InChI is InChI=1S/C21H29N3O2/c1-15(2)26-20-11-16(3)9-10-18(20)14-24-21(22-4)23-13-17-7-6-8-19(12-17)25-5/h6-12,15H,13-14H2,1-5H3,(H2,22,23,24). The number of guanidine groups is 1. The second-order valence-electron chi connectivity index (χ2n) is 6.41. The molecule has 5 nitrogen and oxygen atoms in total. The Morgan fingerprint density at radius 2 is 1.85 bits per heavy atom. The second kappa shape index (κ2) is 9.70. The van der Waals surface area contributed by atoms with Gasteiger partial charge in [0.25, 0.3) is 0 Å². The zero-order valence-electron chi connectivity index (χ0n) is 16.3. The van der Waals surface area contributed by atoms with Gasteiger partial charge in [-0.25, -0.2) is 0 Å². The van der Waals surface area contributed by atoms with Crippen molar-refractivity contribution in [1.29, 1.82) is 0 Å². The van der Waals surface area contributed by atoms with Crippen LogP contribution in [-0.4, -0.2) is 26.2 Å². The molecule has 2 aromatic carbocycles. The Hall–Kier alpha value is -2.69. The summed E-state index contributed by atoms with van der Waals surface area (Å²) in [4.78, 5) is 4.29. The van der Waals surface area contributed by atoms with Crippen LogP contribution in [0, 0.1) is 6.92 Å². The predicted molar refractivity (Wildman–Crippen MR) is 107 cm³/mol. The third-order valence-corrected chi connectivity index (χ3v) is 3.85. The SMILES string of the molecule is CN=C(NCc1cccc(OC)c1)NCc1ccc(C)cc1OC(C)C. The highest BCUT2D eigenvalue weighted by molar-refractivity contribution is 5.79. The van der Waals surface area contributed by atoms with E-state index in [9.17, 15) is 0 Å². The number of nitrogens with zero attached hydrogens (tertiary/aromatic N) is 1. The van der Waals surface area contributed by atoms with E-state index >= 15 is 0 Å². The smallest absolute Gasteiger partial charge is 0.191 e. The first-order chi connectivity index (χ1) is 12.5. The molecule has 2 aromatic rings. The fourth-order valence-corrected chi connectivity index (χ4v) is 2.54.